The summed E-state index contributed by atoms with van der Waals surface area (Å²) in [5, 5.41) is 8.84. The minimum Gasteiger partial charge on any atom is -0.481 e. The minimum absolute atomic E-state index is 0.281. The second kappa shape index (κ2) is 3.72. The van der Waals surface area contributed by atoms with Crippen molar-refractivity contribution < 1.29 is 14.6 Å². The van der Waals surface area contributed by atoms with Crippen molar-refractivity contribution in [1.82, 2.24) is 0 Å². The largest absolute Gasteiger partial charge is 0.481 e. The van der Waals surface area contributed by atoms with Crippen LogP contribution in [-0.2, 0) is 9.53 Å². The van der Waals surface area contributed by atoms with Crippen molar-refractivity contribution in [3.05, 3.63) is 12.2 Å². The summed E-state index contributed by atoms with van der Waals surface area (Å²) in [4.78, 5) is 10.7. The van der Waals surface area contributed by atoms with E-state index in [1.165, 1.54) is 0 Å². The van der Waals surface area contributed by atoms with Crippen molar-refractivity contribution in [2.24, 2.45) is 5.92 Å². The van der Waals surface area contributed by atoms with Gasteiger partial charge in [-0.05, 0) is 19.8 Å². The maximum absolute atomic E-state index is 10.7. The number of carboxylic acids is 1. The lowest BCUT2D eigenvalue weighted by molar-refractivity contribution is -0.149. The van der Waals surface area contributed by atoms with E-state index in [1.54, 1.807) is 0 Å². The van der Waals surface area contributed by atoms with Crippen LogP contribution in [0.1, 0.15) is 19.8 Å². The zero-order valence-electron chi connectivity index (χ0n) is 7.25. The zero-order chi connectivity index (χ0) is 9.14. The highest BCUT2D eigenvalue weighted by Crippen LogP contribution is 2.25. The normalized spacial score (nSPS) is 29.8. The molecule has 0 spiro atoms. The summed E-state index contributed by atoms with van der Waals surface area (Å²) >= 11 is 0. The van der Waals surface area contributed by atoms with Gasteiger partial charge in [0, 0.05) is 6.61 Å². The number of carbonyl (C=O) groups is 1. The first-order chi connectivity index (χ1) is 5.63. The Morgan fingerprint density at radius 3 is 2.75 bits per heavy atom. The Morgan fingerprint density at radius 1 is 1.67 bits per heavy atom. The Bertz CT molecular complexity index is 176. The van der Waals surface area contributed by atoms with Gasteiger partial charge >= 0.3 is 5.97 Å². The molecular weight excluding hydrogens is 156 g/mol. The predicted molar refractivity (Wildman–Crippen MR) is 44.9 cm³/mol. The first-order valence-corrected chi connectivity index (χ1v) is 4.12. The molecule has 0 aromatic heterocycles. The number of ether oxygens (including phenoxy) is 1. The van der Waals surface area contributed by atoms with Gasteiger partial charge in [-0.3, -0.25) is 4.79 Å². The third kappa shape index (κ3) is 1.85. The van der Waals surface area contributed by atoms with Crippen LogP contribution in [0.4, 0.5) is 0 Å². The molecule has 1 aliphatic heterocycles. The van der Waals surface area contributed by atoms with Gasteiger partial charge in [0.25, 0.3) is 0 Å². The molecule has 2 atom stereocenters. The average molecular weight is 170 g/mol. The maximum atomic E-state index is 10.7. The second-order valence-corrected chi connectivity index (χ2v) is 3.22. The number of hydrogen-bond acceptors (Lipinski definition) is 2. The molecule has 0 aliphatic carbocycles. The highest BCUT2D eigenvalue weighted by atomic mass is 16.5. The first-order valence-electron chi connectivity index (χ1n) is 4.12. The molecule has 1 N–H and O–H groups in total. The smallest absolute Gasteiger partial charge is 0.309 e. The van der Waals surface area contributed by atoms with Crippen LogP contribution < -0.4 is 0 Å². The summed E-state index contributed by atoms with van der Waals surface area (Å²) < 4.78 is 5.33. The van der Waals surface area contributed by atoms with Gasteiger partial charge in [-0.2, -0.15) is 0 Å². The fourth-order valence-corrected chi connectivity index (χ4v) is 1.52. The molecule has 1 heterocycles. The van der Waals surface area contributed by atoms with Crippen LogP contribution in [0.3, 0.4) is 0 Å². The van der Waals surface area contributed by atoms with E-state index in [2.05, 4.69) is 6.58 Å². The lowest BCUT2D eigenvalue weighted by Gasteiger charge is -2.29. The molecule has 0 aromatic rings. The first kappa shape index (κ1) is 9.26. The molecule has 0 saturated carbocycles. The van der Waals surface area contributed by atoms with Gasteiger partial charge in [-0.25, -0.2) is 0 Å². The summed E-state index contributed by atoms with van der Waals surface area (Å²) in [6, 6.07) is 0. The number of carboxylic acid groups (broad SMARTS) is 1. The van der Waals surface area contributed by atoms with Crippen LogP contribution in [0.2, 0.25) is 0 Å². The van der Waals surface area contributed by atoms with Crippen LogP contribution in [0.25, 0.3) is 0 Å². The quantitative estimate of drug-likeness (QED) is 0.638. The van der Waals surface area contributed by atoms with Gasteiger partial charge in [-0.1, -0.05) is 12.2 Å². The Morgan fingerprint density at radius 2 is 2.33 bits per heavy atom. The predicted octanol–water partition coefficient (Wildman–Crippen LogP) is 1.44. The Labute approximate surface area is 72.0 Å². The number of aliphatic carboxylic acids is 1. The summed E-state index contributed by atoms with van der Waals surface area (Å²) in [5.41, 5.74) is 0.808. The van der Waals surface area contributed by atoms with Gasteiger partial charge in [0.15, 0.2) is 0 Å². The summed E-state index contributed by atoms with van der Waals surface area (Å²) in [7, 11) is 0. The fourth-order valence-electron chi connectivity index (χ4n) is 1.52. The summed E-state index contributed by atoms with van der Waals surface area (Å²) in [5.74, 6) is -1.17. The SMILES string of the molecule is C=C(C)[C@H]1OCCC[C@@H]1C(=O)O. The van der Waals surface area contributed by atoms with E-state index in [0.29, 0.717) is 13.0 Å². The van der Waals surface area contributed by atoms with Crippen LogP contribution in [0, 0.1) is 5.92 Å². The van der Waals surface area contributed by atoms with E-state index in [9.17, 15) is 4.79 Å². The molecule has 1 fully saturated rings. The third-order valence-electron chi connectivity index (χ3n) is 2.13. The maximum Gasteiger partial charge on any atom is 0.309 e. The highest BCUT2D eigenvalue weighted by Gasteiger charge is 2.31. The van der Waals surface area contributed by atoms with Crippen LogP contribution >= 0.6 is 0 Å². The molecule has 1 aliphatic rings. The Balaban J connectivity index is 2.67. The highest BCUT2D eigenvalue weighted by molar-refractivity contribution is 5.71. The zero-order valence-corrected chi connectivity index (χ0v) is 7.25. The number of rotatable bonds is 2. The standard InChI is InChI=1S/C9H14O3/c1-6(2)8-7(9(10)11)4-3-5-12-8/h7-8H,1,3-5H2,2H3,(H,10,11)/t7-,8+/m0/s1. The van der Waals surface area contributed by atoms with Gasteiger partial charge in [0.2, 0.25) is 0 Å². The van der Waals surface area contributed by atoms with Crippen molar-refractivity contribution in [1.29, 1.82) is 0 Å². The molecule has 1 rings (SSSR count). The third-order valence-corrected chi connectivity index (χ3v) is 2.13. The van der Waals surface area contributed by atoms with Gasteiger partial charge in [-0.15, -0.1) is 0 Å². The number of hydrogen-bond donors (Lipinski definition) is 1. The van der Waals surface area contributed by atoms with E-state index in [-0.39, 0.29) is 6.10 Å². The Kier molecular flexibility index (Phi) is 2.87. The second-order valence-electron chi connectivity index (χ2n) is 3.22. The lowest BCUT2D eigenvalue weighted by Crippen LogP contribution is -2.35. The molecule has 1 saturated heterocycles. The van der Waals surface area contributed by atoms with E-state index in [1.807, 2.05) is 6.92 Å². The van der Waals surface area contributed by atoms with E-state index in [0.717, 1.165) is 12.0 Å². The van der Waals surface area contributed by atoms with Gasteiger partial charge in [0.1, 0.15) is 0 Å². The minimum atomic E-state index is -0.775. The monoisotopic (exact) mass is 170 g/mol. The molecule has 3 nitrogen and oxygen atoms in total. The molecule has 0 aromatic carbocycles. The molecule has 0 amide bonds. The Hall–Kier alpha value is -0.830. The molecule has 0 radical (unpaired) electrons. The molecule has 0 unspecified atom stereocenters. The van der Waals surface area contributed by atoms with Crippen molar-refractivity contribution in [3.63, 3.8) is 0 Å². The van der Waals surface area contributed by atoms with Crippen LogP contribution in [-0.4, -0.2) is 23.8 Å². The van der Waals surface area contributed by atoms with Gasteiger partial charge in [0.05, 0.1) is 12.0 Å². The van der Waals surface area contributed by atoms with E-state index in [4.69, 9.17) is 9.84 Å². The molecule has 68 valence electrons. The van der Waals surface area contributed by atoms with Crippen molar-refractivity contribution in [2.45, 2.75) is 25.9 Å². The summed E-state index contributed by atoms with van der Waals surface area (Å²) in [6.45, 7) is 6.19. The van der Waals surface area contributed by atoms with E-state index >= 15 is 0 Å². The van der Waals surface area contributed by atoms with E-state index < -0.39 is 11.9 Å². The van der Waals surface area contributed by atoms with Crippen molar-refractivity contribution >= 4 is 5.97 Å². The molecule has 3 heteroatoms. The lowest BCUT2D eigenvalue weighted by atomic mass is 9.91. The van der Waals surface area contributed by atoms with Crippen LogP contribution in [0.15, 0.2) is 12.2 Å². The molecular formula is C9H14O3. The van der Waals surface area contributed by atoms with Gasteiger partial charge < -0.3 is 9.84 Å². The fraction of sp³-hybridized carbons (Fsp3) is 0.667. The molecule has 12 heavy (non-hydrogen) atoms. The van der Waals surface area contributed by atoms with Crippen LogP contribution in [0.5, 0.6) is 0 Å². The van der Waals surface area contributed by atoms with Crippen molar-refractivity contribution in [3.8, 4) is 0 Å². The molecule has 0 bridgehead atoms. The average Bonchev–Trinajstić information content (AvgIpc) is 2.04. The summed E-state index contributed by atoms with van der Waals surface area (Å²) in [6.07, 6.45) is 1.25. The topological polar surface area (TPSA) is 46.5 Å². The van der Waals surface area contributed by atoms with Crippen molar-refractivity contribution in [2.75, 3.05) is 6.61 Å².